The molecule has 0 aliphatic rings. The van der Waals surface area contributed by atoms with Crippen molar-refractivity contribution in [2.45, 2.75) is 0 Å². The number of rotatable bonds is 3. The number of nitrogens with zero attached hydrogens (tertiary/aromatic N) is 2. The third-order valence-corrected chi connectivity index (χ3v) is 4.18. The minimum absolute atomic E-state index is 0.751. The number of hydrogen-bond donors (Lipinski definition) is 0. The summed E-state index contributed by atoms with van der Waals surface area (Å²) >= 11 is 5.03. The highest BCUT2D eigenvalue weighted by Crippen LogP contribution is 2.30. The molecule has 0 saturated carbocycles. The third-order valence-electron chi connectivity index (χ3n) is 2.76. The molecule has 100 valence electrons. The number of benzene rings is 2. The average Bonchev–Trinajstić information content (AvgIpc) is 2.87. The van der Waals surface area contributed by atoms with Gasteiger partial charge in [-0.05, 0) is 35.9 Å². The molecule has 0 radical (unpaired) electrons. The summed E-state index contributed by atoms with van der Waals surface area (Å²) in [7, 11) is 1.65. The quantitative estimate of drug-likeness (QED) is 0.637. The van der Waals surface area contributed by atoms with Crippen LogP contribution in [0.5, 0.6) is 5.75 Å². The minimum atomic E-state index is 0.751. The third kappa shape index (κ3) is 2.89. The summed E-state index contributed by atoms with van der Waals surface area (Å²) in [5, 5.41) is 0.751. The number of aliphatic imine (C=N–C) groups is 1. The fourth-order valence-corrected chi connectivity index (χ4v) is 3.16. The van der Waals surface area contributed by atoms with Crippen molar-refractivity contribution in [3.63, 3.8) is 0 Å². The molecule has 1 aromatic heterocycles. The van der Waals surface area contributed by atoms with Gasteiger partial charge in [0.15, 0.2) is 0 Å². The van der Waals surface area contributed by atoms with Gasteiger partial charge >= 0.3 is 0 Å². The molecule has 1 heterocycles. The molecule has 0 amide bonds. The number of methoxy groups -OCH3 is 1. The summed E-state index contributed by atoms with van der Waals surface area (Å²) in [6.45, 7) is 0. The van der Waals surface area contributed by atoms with Crippen LogP contribution in [-0.2, 0) is 0 Å². The Morgan fingerprint density at radius 3 is 3.00 bits per heavy atom. The van der Waals surface area contributed by atoms with Crippen LogP contribution in [0.2, 0.25) is 0 Å². The predicted octanol–water partition coefficient (Wildman–Crippen LogP) is 4.82. The summed E-state index contributed by atoms with van der Waals surface area (Å²) in [6, 6.07) is 13.8. The normalized spacial score (nSPS) is 11.3. The lowest BCUT2D eigenvalue weighted by Gasteiger charge is -1.98. The molecule has 0 saturated heterocycles. The number of ether oxygens (including phenoxy) is 1. The molecule has 0 spiro atoms. The highest BCUT2D eigenvalue weighted by molar-refractivity contribution is 9.10. The van der Waals surface area contributed by atoms with E-state index in [0.29, 0.717) is 0 Å². The minimum Gasteiger partial charge on any atom is -0.497 e. The van der Waals surface area contributed by atoms with E-state index in [9.17, 15) is 0 Å². The molecule has 3 aromatic rings. The van der Waals surface area contributed by atoms with Crippen molar-refractivity contribution in [2.75, 3.05) is 7.11 Å². The number of hydrogen-bond acceptors (Lipinski definition) is 4. The Morgan fingerprint density at radius 1 is 1.25 bits per heavy atom. The maximum atomic E-state index is 5.19. The Bertz CT molecular complexity index is 782. The van der Waals surface area contributed by atoms with Crippen molar-refractivity contribution < 1.29 is 4.74 Å². The van der Waals surface area contributed by atoms with Crippen LogP contribution in [0.15, 0.2) is 51.9 Å². The van der Waals surface area contributed by atoms with Crippen LogP contribution < -0.4 is 4.74 Å². The van der Waals surface area contributed by atoms with Crippen molar-refractivity contribution in [3.8, 4) is 5.75 Å². The summed E-state index contributed by atoms with van der Waals surface area (Å²) in [4.78, 5) is 8.91. The second kappa shape index (κ2) is 5.73. The van der Waals surface area contributed by atoms with Crippen molar-refractivity contribution in [1.29, 1.82) is 0 Å². The molecule has 0 atom stereocenters. The topological polar surface area (TPSA) is 34.5 Å². The van der Waals surface area contributed by atoms with Crippen molar-refractivity contribution in [2.24, 2.45) is 4.99 Å². The van der Waals surface area contributed by atoms with Gasteiger partial charge in [0.25, 0.3) is 0 Å². The molecule has 0 aliphatic heterocycles. The molecule has 0 unspecified atom stereocenters. The highest BCUT2D eigenvalue weighted by Gasteiger charge is 2.02. The van der Waals surface area contributed by atoms with E-state index in [1.807, 2.05) is 36.4 Å². The van der Waals surface area contributed by atoms with E-state index in [1.165, 1.54) is 0 Å². The molecule has 3 nitrogen and oxygen atoms in total. The van der Waals surface area contributed by atoms with Gasteiger partial charge in [0, 0.05) is 10.7 Å². The number of thiazole rings is 1. The smallest absolute Gasteiger partial charge is 0.210 e. The van der Waals surface area contributed by atoms with Gasteiger partial charge in [-0.15, -0.1) is 0 Å². The monoisotopic (exact) mass is 346 g/mol. The van der Waals surface area contributed by atoms with Crippen LogP contribution in [0.4, 0.5) is 5.13 Å². The highest BCUT2D eigenvalue weighted by atomic mass is 79.9. The standard InChI is InChI=1S/C15H11BrN2OS/c1-19-12-4-2-3-10(7-12)9-17-15-18-13-6-5-11(16)8-14(13)20-15/h2-9H,1H3. The average molecular weight is 347 g/mol. The molecule has 0 fully saturated rings. The van der Waals surface area contributed by atoms with Crippen LogP contribution in [0.1, 0.15) is 5.56 Å². The maximum Gasteiger partial charge on any atom is 0.210 e. The van der Waals surface area contributed by atoms with Gasteiger partial charge in [-0.2, -0.15) is 0 Å². The Balaban J connectivity index is 1.89. The van der Waals surface area contributed by atoms with Gasteiger partial charge in [0.05, 0.1) is 17.3 Å². The van der Waals surface area contributed by atoms with Crippen molar-refractivity contribution in [3.05, 3.63) is 52.5 Å². The molecule has 0 aliphatic carbocycles. The number of halogens is 1. The zero-order valence-corrected chi connectivity index (χ0v) is 13.1. The zero-order valence-electron chi connectivity index (χ0n) is 10.7. The fraction of sp³-hybridized carbons (Fsp3) is 0.0667. The Morgan fingerprint density at radius 2 is 2.15 bits per heavy atom. The molecule has 2 aromatic carbocycles. The summed E-state index contributed by atoms with van der Waals surface area (Å²) in [5.74, 6) is 0.821. The van der Waals surface area contributed by atoms with E-state index in [1.54, 1.807) is 24.7 Å². The Kier molecular flexibility index (Phi) is 3.80. The fourth-order valence-electron chi connectivity index (χ4n) is 1.79. The molecular weight excluding hydrogens is 336 g/mol. The SMILES string of the molecule is COc1cccc(C=Nc2nc3ccc(Br)cc3s2)c1. The van der Waals surface area contributed by atoms with Crippen LogP contribution >= 0.6 is 27.3 Å². The van der Waals surface area contributed by atoms with Gasteiger partial charge in [-0.1, -0.05) is 39.4 Å². The van der Waals surface area contributed by atoms with Crippen LogP contribution in [0.3, 0.4) is 0 Å². The Hall–Kier alpha value is -1.72. The van der Waals surface area contributed by atoms with Crippen LogP contribution in [-0.4, -0.2) is 18.3 Å². The van der Waals surface area contributed by atoms with Gasteiger partial charge in [-0.3, -0.25) is 0 Å². The van der Waals surface area contributed by atoms with E-state index >= 15 is 0 Å². The zero-order chi connectivity index (χ0) is 13.9. The first kappa shape index (κ1) is 13.3. The first-order chi connectivity index (χ1) is 9.74. The molecule has 20 heavy (non-hydrogen) atoms. The lowest BCUT2D eigenvalue weighted by molar-refractivity contribution is 0.415. The van der Waals surface area contributed by atoms with Gasteiger partial charge in [0.1, 0.15) is 5.75 Å². The predicted molar refractivity (Wildman–Crippen MR) is 87.6 cm³/mol. The van der Waals surface area contributed by atoms with E-state index in [4.69, 9.17) is 4.74 Å². The van der Waals surface area contributed by atoms with Gasteiger partial charge < -0.3 is 4.74 Å². The summed E-state index contributed by atoms with van der Waals surface area (Å²) < 4.78 is 7.36. The molecule has 5 heteroatoms. The maximum absolute atomic E-state index is 5.19. The van der Waals surface area contributed by atoms with E-state index in [2.05, 4.69) is 32.0 Å². The summed E-state index contributed by atoms with van der Waals surface area (Å²) in [6.07, 6.45) is 1.80. The van der Waals surface area contributed by atoms with Crippen LogP contribution in [0, 0.1) is 0 Å². The molecule has 3 rings (SSSR count). The first-order valence-corrected chi connectivity index (χ1v) is 7.60. The van der Waals surface area contributed by atoms with Crippen molar-refractivity contribution >= 4 is 48.8 Å². The van der Waals surface area contributed by atoms with Gasteiger partial charge in [-0.25, -0.2) is 9.98 Å². The lowest BCUT2D eigenvalue weighted by atomic mass is 10.2. The van der Waals surface area contributed by atoms with E-state index in [-0.39, 0.29) is 0 Å². The second-order valence-electron chi connectivity index (χ2n) is 4.14. The molecule has 0 bridgehead atoms. The number of fused-ring (bicyclic) bond motifs is 1. The van der Waals surface area contributed by atoms with E-state index < -0.39 is 0 Å². The van der Waals surface area contributed by atoms with Crippen LogP contribution in [0.25, 0.3) is 10.2 Å². The number of aromatic nitrogens is 1. The van der Waals surface area contributed by atoms with Crippen molar-refractivity contribution in [1.82, 2.24) is 4.98 Å². The van der Waals surface area contributed by atoms with Gasteiger partial charge in [0.2, 0.25) is 5.13 Å². The first-order valence-electron chi connectivity index (χ1n) is 5.99. The Labute approximate surface area is 129 Å². The molecular formula is C15H11BrN2OS. The largest absolute Gasteiger partial charge is 0.497 e. The second-order valence-corrected chi connectivity index (χ2v) is 6.07. The summed E-state index contributed by atoms with van der Waals surface area (Å²) in [5.41, 5.74) is 1.96. The molecule has 0 N–H and O–H groups in total. The van der Waals surface area contributed by atoms with E-state index in [0.717, 1.165) is 31.1 Å². The lowest BCUT2D eigenvalue weighted by Crippen LogP contribution is -1.85.